The van der Waals surface area contributed by atoms with Crippen molar-refractivity contribution < 1.29 is 67.3 Å². The van der Waals surface area contributed by atoms with Gasteiger partial charge in [0.05, 0.1) is 0 Å². The first kappa shape index (κ1) is 20.4. The van der Waals surface area contributed by atoms with Crippen molar-refractivity contribution in [2.45, 2.75) is 0 Å². The maximum absolute atomic E-state index is 11.5. The van der Waals surface area contributed by atoms with Crippen molar-refractivity contribution in [3.05, 3.63) is 0 Å². The van der Waals surface area contributed by atoms with Crippen LogP contribution in [0.4, 0.5) is 0 Å². The van der Waals surface area contributed by atoms with Crippen molar-refractivity contribution in [1.29, 1.82) is 0 Å². The SMILES string of the molecule is O=[CH][Co]([CH]=O)([CH]=O)([CH]=O)([CH]=O)([CH]=O)([CH]=O)([CH]=O)[CH]=O.[Co]. The van der Waals surface area contributed by atoms with E-state index >= 15 is 0 Å². The molecule has 0 atom stereocenters. The van der Waals surface area contributed by atoms with Crippen molar-refractivity contribution in [1.82, 2.24) is 0 Å². The summed E-state index contributed by atoms with van der Waals surface area (Å²) in [6.45, 7) is 0. The molecule has 1 radical (unpaired) electrons. The van der Waals surface area contributed by atoms with Crippen LogP contribution >= 0.6 is 0 Å². The molecule has 0 heterocycles. The van der Waals surface area contributed by atoms with Gasteiger partial charge in [0.15, 0.2) is 0 Å². The van der Waals surface area contributed by atoms with Gasteiger partial charge in [-0.15, -0.1) is 0 Å². The fraction of sp³-hybridized carbons (Fsp3) is 0. The monoisotopic (exact) mass is 379 g/mol. The molecule has 11 heteroatoms. The average Bonchev–Trinajstić information content (AvgIpc) is 2.57. The van der Waals surface area contributed by atoms with E-state index in [0.29, 0.717) is 0 Å². The molecule has 9 nitrogen and oxygen atoms in total. The third-order valence-corrected chi connectivity index (χ3v) is 13.5. The van der Waals surface area contributed by atoms with Crippen molar-refractivity contribution in [3.8, 4) is 0 Å². The Morgan fingerprint density at radius 3 is 0.450 bits per heavy atom. The second-order valence-electron chi connectivity index (χ2n) is 4.71. The van der Waals surface area contributed by atoms with Gasteiger partial charge < -0.3 is 0 Å². The number of carbonyl (C=O) groups excluding carboxylic acids is 9. The minimum absolute atomic E-state index is 0. The number of hydrogen-bond donors (Lipinski definition) is 0. The molecule has 20 heavy (non-hydrogen) atoms. The van der Waals surface area contributed by atoms with E-state index in [9.17, 15) is 43.2 Å². The Hall–Kier alpha value is -1.96. The first-order chi connectivity index (χ1) is 8.49. The molecule has 0 rings (SSSR count). The maximum Gasteiger partial charge on any atom is 0 e. The zero-order chi connectivity index (χ0) is 15.7. The molecular formula is C9H9Co2O9. The van der Waals surface area contributed by atoms with Crippen LogP contribution in [-0.4, -0.2) is 47.0 Å². The van der Waals surface area contributed by atoms with E-state index in [0.717, 1.165) is 0 Å². The largest absolute Gasteiger partial charge is 0 e. The van der Waals surface area contributed by atoms with Gasteiger partial charge in [-0.3, -0.25) is 0 Å². The number of hydrogen-bond acceptors (Lipinski definition) is 9. The maximum atomic E-state index is 11.5. The van der Waals surface area contributed by atoms with Crippen LogP contribution in [0, 0.1) is 0 Å². The van der Waals surface area contributed by atoms with Crippen LogP contribution in [0.5, 0.6) is 0 Å². The van der Waals surface area contributed by atoms with Gasteiger partial charge in [-0.1, -0.05) is 0 Å². The van der Waals surface area contributed by atoms with Gasteiger partial charge in [-0.2, -0.15) is 0 Å². The van der Waals surface area contributed by atoms with Crippen LogP contribution in [0.15, 0.2) is 0 Å². The van der Waals surface area contributed by atoms with E-state index in [4.69, 9.17) is 0 Å². The van der Waals surface area contributed by atoms with Crippen molar-refractivity contribution in [2.24, 2.45) is 0 Å². The Kier molecular flexibility index (Phi) is 2.41. The summed E-state index contributed by atoms with van der Waals surface area (Å²) in [6, 6.07) is 0. The Balaban J connectivity index is 0. The molecule has 117 valence electrons. The second-order valence-corrected chi connectivity index (χ2v) is 19.4. The molecule has 0 aliphatic carbocycles. The zero-order valence-electron chi connectivity index (χ0n) is 9.54. The molecule has 0 aromatic carbocycles. The summed E-state index contributed by atoms with van der Waals surface area (Å²) in [5.74, 6) is 0. The summed E-state index contributed by atoms with van der Waals surface area (Å²) in [5, 5.41) is -12.1. The van der Waals surface area contributed by atoms with Crippen molar-refractivity contribution in [3.63, 3.8) is 0 Å². The van der Waals surface area contributed by atoms with Gasteiger partial charge in [0.25, 0.3) is 0 Å². The number of carbonyl (C=O) groups is 9. The van der Waals surface area contributed by atoms with Gasteiger partial charge in [-0.25, -0.2) is 0 Å². The summed E-state index contributed by atoms with van der Waals surface area (Å²) in [5.41, 5.74) is 0. The fourth-order valence-corrected chi connectivity index (χ4v) is 2.75. The Morgan fingerprint density at radius 1 is 0.350 bits per heavy atom. The molecule has 0 saturated carbocycles. The molecular weight excluding hydrogens is 370 g/mol. The van der Waals surface area contributed by atoms with Gasteiger partial charge in [0.1, 0.15) is 0 Å². The molecule has 0 saturated heterocycles. The normalized spacial score (nSPS) is 20.7. The van der Waals surface area contributed by atoms with Gasteiger partial charge in [-0.05, 0) is 0 Å². The minimum Gasteiger partial charge on any atom is 0 e. The first-order valence-electron chi connectivity index (χ1n) is 3.85. The third kappa shape index (κ3) is 0.740. The summed E-state index contributed by atoms with van der Waals surface area (Å²) >= 11 is 0. The summed E-state index contributed by atoms with van der Waals surface area (Å²) in [6.07, 6.45) is 0. The average molecular weight is 379 g/mol. The second kappa shape index (κ2) is 2.37. The minimum atomic E-state index is -9.97. The molecule has 0 aromatic heterocycles. The van der Waals surface area contributed by atoms with Gasteiger partial charge in [0.2, 0.25) is 0 Å². The van der Waals surface area contributed by atoms with E-state index in [2.05, 4.69) is 0 Å². The van der Waals surface area contributed by atoms with Crippen LogP contribution in [0.25, 0.3) is 0 Å². The van der Waals surface area contributed by atoms with E-state index in [1.165, 1.54) is 0 Å². The topological polar surface area (TPSA) is 154 Å². The van der Waals surface area contributed by atoms with E-state index in [1.807, 2.05) is 0 Å². The van der Waals surface area contributed by atoms with Gasteiger partial charge >= 0.3 is 97.5 Å². The van der Waals surface area contributed by atoms with E-state index < -0.39 is 54.4 Å². The first-order valence-corrected chi connectivity index (χ1v) is 9.26. The standard InChI is InChI=1S/9CHO.2Co/c9*1-2;;/h9*1H;;. The summed E-state index contributed by atoms with van der Waals surface area (Å²) in [4.78, 5) is 103. The molecule has 0 unspecified atom stereocenters. The summed E-state index contributed by atoms with van der Waals surface area (Å²) < 4.78 is 0. The smallest absolute Gasteiger partial charge is 0 e. The van der Waals surface area contributed by atoms with Crippen LogP contribution in [0.3, 0.4) is 0 Å². The molecule has 0 aliphatic heterocycles. The Bertz CT molecular complexity index is 491. The van der Waals surface area contributed by atoms with Crippen LogP contribution in [-0.2, 0) is 67.3 Å². The predicted molar refractivity (Wildman–Crippen MR) is 60.8 cm³/mol. The molecule has 0 spiro atoms. The zero-order valence-corrected chi connectivity index (χ0v) is 11.6. The van der Waals surface area contributed by atoms with Crippen molar-refractivity contribution in [2.75, 3.05) is 0 Å². The quantitative estimate of drug-likeness (QED) is 0.397. The van der Waals surface area contributed by atoms with Crippen molar-refractivity contribution >= 4 is 47.0 Å². The fourth-order valence-electron chi connectivity index (χ4n) is 0.667. The van der Waals surface area contributed by atoms with E-state index in [-0.39, 0.29) is 16.8 Å². The molecule has 0 aromatic rings. The van der Waals surface area contributed by atoms with E-state index in [1.54, 1.807) is 0 Å². The molecule has 0 amide bonds. The summed E-state index contributed by atoms with van der Waals surface area (Å²) in [7, 11) is -9.97. The predicted octanol–water partition coefficient (Wildman–Crippen LogP) is -2.47. The molecule has 0 aliphatic rings. The van der Waals surface area contributed by atoms with Crippen LogP contribution < -0.4 is 0 Å². The van der Waals surface area contributed by atoms with Crippen LogP contribution in [0.1, 0.15) is 0 Å². The molecule has 0 N–H and O–H groups in total. The van der Waals surface area contributed by atoms with Crippen LogP contribution in [0.2, 0.25) is 0 Å². The molecule has 0 bridgehead atoms. The van der Waals surface area contributed by atoms with Gasteiger partial charge in [0, 0.05) is 16.8 Å². The Morgan fingerprint density at radius 2 is 0.450 bits per heavy atom. The number of rotatable bonds is 9. The molecule has 0 fully saturated rings. The third-order valence-electron chi connectivity index (χ3n) is 3.27. The Labute approximate surface area is 114 Å².